The molecule has 1 heterocycles. The van der Waals surface area contributed by atoms with Gasteiger partial charge in [-0.05, 0) is 30.3 Å². The molecule has 0 radical (unpaired) electrons. The lowest BCUT2D eigenvalue weighted by molar-refractivity contribution is 0.102. The summed E-state index contributed by atoms with van der Waals surface area (Å²) < 4.78 is 0. The second kappa shape index (κ2) is 7.51. The molecule has 0 spiro atoms. The summed E-state index contributed by atoms with van der Waals surface area (Å²) in [6.45, 7) is 0. The zero-order valence-electron chi connectivity index (χ0n) is 14.7. The molecule has 4 nitrogen and oxygen atoms in total. The van der Waals surface area contributed by atoms with Crippen LogP contribution in [0.15, 0.2) is 78.9 Å². The Bertz CT molecular complexity index is 1230. The third-order valence-corrected chi connectivity index (χ3v) is 4.69. The first-order chi connectivity index (χ1) is 13.7. The molecule has 0 atom stereocenters. The van der Waals surface area contributed by atoms with Crippen molar-refractivity contribution in [2.24, 2.45) is 0 Å². The number of hydrogen-bond acceptors (Lipinski definition) is 3. The number of hydrogen-bond donors (Lipinski definition) is 1. The quantitative estimate of drug-likeness (QED) is 0.495. The summed E-state index contributed by atoms with van der Waals surface area (Å²) in [6.07, 6.45) is 0. The standard InChI is InChI=1S/C23H14ClN3O/c24-20-12-17(11-10-16(20)14-25)26-23(28)19-13-22(15-6-2-1-3-7-15)27-21-9-5-4-8-18(19)21/h1-13H,(H,26,28). The van der Waals surface area contributed by atoms with Gasteiger partial charge in [-0.2, -0.15) is 5.26 Å². The number of rotatable bonds is 3. The van der Waals surface area contributed by atoms with Gasteiger partial charge < -0.3 is 5.32 Å². The van der Waals surface area contributed by atoms with Crippen LogP contribution in [0.4, 0.5) is 5.69 Å². The number of benzene rings is 3. The largest absolute Gasteiger partial charge is 0.322 e. The Morgan fingerprint density at radius 2 is 1.71 bits per heavy atom. The average molecular weight is 384 g/mol. The second-order valence-corrected chi connectivity index (χ2v) is 6.61. The van der Waals surface area contributed by atoms with Crippen LogP contribution in [0, 0.1) is 11.3 Å². The number of nitrogens with one attached hydrogen (secondary N) is 1. The van der Waals surface area contributed by atoms with E-state index in [0.29, 0.717) is 21.8 Å². The van der Waals surface area contributed by atoms with E-state index < -0.39 is 0 Å². The summed E-state index contributed by atoms with van der Waals surface area (Å²) in [4.78, 5) is 17.7. The number of nitriles is 1. The van der Waals surface area contributed by atoms with Gasteiger partial charge in [-0.15, -0.1) is 0 Å². The zero-order valence-corrected chi connectivity index (χ0v) is 15.4. The highest BCUT2D eigenvalue weighted by Gasteiger charge is 2.14. The SMILES string of the molecule is N#Cc1ccc(NC(=O)c2cc(-c3ccccc3)nc3ccccc23)cc1Cl. The van der Waals surface area contributed by atoms with Crippen molar-refractivity contribution in [1.29, 1.82) is 5.26 Å². The van der Waals surface area contributed by atoms with Gasteiger partial charge in [0.1, 0.15) is 6.07 Å². The number of para-hydroxylation sites is 1. The Morgan fingerprint density at radius 1 is 0.964 bits per heavy atom. The van der Waals surface area contributed by atoms with E-state index in [1.807, 2.05) is 60.7 Å². The van der Waals surface area contributed by atoms with Crippen molar-refractivity contribution < 1.29 is 4.79 Å². The Hall–Kier alpha value is -3.68. The molecular weight excluding hydrogens is 370 g/mol. The molecule has 0 aliphatic heterocycles. The lowest BCUT2D eigenvalue weighted by Gasteiger charge is -2.11. The number of fused-ring (bicyclic) bond motifs is 1. The van der Waals surface area contributed by atoms with Crippen molar-refractivity contribution in [3.63, 3.8) is 0 Å². The van der Waals surface area contributed by atoms with Gasteiger partial charge in [0, 0.05) is 16.6 Å². The fourth-order valence-electron chi connectivity index (χ4n) is 3.00. The number of nitrogens with zero attached hydrogens (tertiary/aromatic N) is 2. The van der Waals surface area contributed by atoms with E-state index in [9.17, 15) is 4.79 Å². The van der Waals surface area contributed by atoms with Gasteiger partial charge in [0.2, 0.25) is 0 Å². The van der Waals surface area contributed by atoms with Crippen molar-refractivity contribution in [3.8, 4) is 17.3 Å². The number of pyridine rings is 1. The third-order valence-electron chi connectivity index (χ3n) is 4.38. The van der Waals surface area contributed by atoms with E-state index in [0.717, 1.165) is 22.2 Å². The summed E-state index contributed by atoms with van der Waals surface area (Å²) in [6, 6.07) is 25.9. The molecule has 4 aromatic rings. The minimum atomic E-state index is -0.267. The van der Waals surface area contributed by atoms with Crippen LogP contribution in [0.1, 0.15) is 15.9 Å². The van der Waals surface area contributed by atoms with Gasteiger partial charge in [-0.3, -0.25) is 4.79 Å². The molecule has 0 saturated carbocycles. The van der Waals surface area contributed by atoms with Crippen molar-refractivity contribution in [2.45, 2.75) is 0 Å². The van der Waals surface area contributed by atoms with Gasteiger partial charge in [0.25, 0.3) is 5.91 Å². The third kappa shape index (κ3) is 3.44. The Morgan fingerprint density at radius 3 is 2.46 bits per heavy atom. The van der Waals surface area contributed by atoms with Gasteiger partial charge in [0.05, 0.1) is 27.4 Å². The molecule has 1 N–H and O–H groups in total. The van der Waals surface area contributed by atoms with Crippen molar-refractivity contribution in [3.05, 3.63) is 95.0 Å². The lowest BCUT2D eigenvalue weighted by atomic mass is 10.0. The van der Waals surface area contributed by atoms with Crippen LogP contribution in [-0.4, -0.2) is 10.9 Å². The monoisotopic (exact) mass is 383 g/mol. The molecular formula is C23H14ClN3O. The molecule has 0 fully saturated rings. The first-order valence-electron chi connectivity index (χ1n) is 8.62. The van der Waals surface area contributed by atoms with E-state index in [1.54, 1.807) is 24.3 Å². The van der Waals surface area contributed by atoms with E-state index >= 15 is 0 Å². The van der Waals surface area contributed by atoms with Crippen LogP contribution < -0.4 is 5.32 Å². The minimum Gasteiger partial charge on any atom is -0.322 e. The van der Waals surface area contributed by atoms with Crippen molar-refractivity contribution >= 4 is 34.1 Å². The molecule has 0 aliphatic carbocycles. The van der Waals surface area contributed by atoms with Crippen molar-refractivity contribution in [2.75, 3.05) is 5.32 Å². The van der Waals surface area contributed by atoms with E-state index in [1.165, 1.54) is 0 Å². The van der Waals surface area contributed by atoms with Crippen LogP contribution in [0.2, 0.25) is 5.02 Å². The van der Waals surface area contributed by atoms with Crippen LogP contribution >= 0.6 is 11.6 Å². The van der Waals surface area contributed by atoms with E-state index in [4.69, 9.17) is 21.8 Å². The van der Waals surface area contributed by atoms with E-state index in [2.05, 4.69) is 5.32 Å². The molecule has 1 amide bonds. The first kappa shape index (κ1) is 17.7. The predicted molar refractivity (Wildman–Crippen MR) is 111 cm³/mol. The second-order valence-electron chi connectivity index (χ2n) is 6.20. The Balaban J connectivity index is 1.77. The van der Waals surface area contributed by atoms with E-state index in [-0.39, 0.29) is 5.91 Å². The highest BCUT2D eigenvalue weighted by Crippen LogP contribution is 2.26. The molecule has 3 aromatic carbocycles. The molecule has 0 unspecified atom stereocenters. The summed E-state index contributed by atoms with van der Waals surface area (Å²) in [5.74, 6) is -0.267. The van der Waals surface area contributed by atoms with Crippen molar-refractivity contribution in [1.82, 2.24) is 4.98 Å². The molecule has 0 bridgehead atoms. The number of carbonyl (C=O) groups is 1. The van der Waals surface area contributed by atoms with Crippen LogP contribution in [0.25, 0.3) is 22.2 Å². The lowest BCUT2D eigenvalue weighted by Crippen LogP contribution is -2.13. The molecule has 0 aliphatic rings. The molecule has 28 heavy (non-hydrogen) atoms. The van der Waals surface area contributed by atoms with Crippen LogP contribution in [-0.2, 0) is 0 Å². The number of anilines is 1. The highest BCUT2D eigenvalue weighted by atomic mass is 35.5. The molecule has 1 aromatic heterocycles. The van der Waals surface area contributed by atoms with Gasteiger partial charge >= 0.3 is 0 Å². The van der Waals surface area contributed by atoms with Crippen LogP contribution in [0.5, 0.6) is 0 Å². The maximum atomic E-state index is 13.0. The molecule has 4 rings (SSSR count). The highest BCUT2D eigenvalue weighted by molar-refractivity contribution is 6.32. The Kier molecular flexibility index (Phi) is 4.76. The number of carbonyl (C=O) groups excluding carboxylic acids is 1. The molecule has 0 saturated heterocycles. The normalized spacial score (nSPS) is 10.4. The predicted octanol–water partition coefficient (Wildman–Crippen LogP) is 5.68. The summed E-state index contributed by atoms with van der Waals surface area (Å²) in [7, 11) is 0. The smallest absolute Gasteiger partial charge is 0.256 e. The summed E-state index contributed by atoms with van der Waals surface area (Å²) in [5.41, 5.74) is 3.80. The van der Waals surface area contributed by atoms with Crippen LogP contribution in [0.3, 0.4) is 0 Å². The molecule has 5 heteroatoms. The first-order valence-corrected chi connectivity index (χ1v) is 9.00. The maximum Gasteiger partial charge on any atom is 0.256 e. The maximum absolute atomic E-state index is 13.0. The van der Waals surface area contributed by atoms with Gasteiger partial charge in [-0.25, -0.2) is 4.98 Å². The zero-order chi connectivity index (χ0) is 19.5. The fourth-order valence-corrected chi connectivity index (χ4v) is 3.22. The summed E-state index contributed by atoms with van der Waals surface area (Å²) in [5, 5.41) is 12.9. The van der Waals surface area contributed by atoms with Gasteiger partial charge in [-0.1, -0.05) is 60.1 Å². The molecule has 134 valence electrons. The number of halogens is 1. The Labute approximate surface area is 167 Å². The summed E-state index contributed by atoms with van der Waals surface area (Å²) >= 11 is 6.08. The minimum absolute atomic E-state index is 0.267. The number of aromatic nitrogens is 1. The fraction of sp³-hybridized carbons (Fsp3) is 0. The number of amides is 1. The topological polar surface area (TPSA) is 65.8 Å². The van der Waals surface area contributed by atoms with Gasteiger partial charge in [0.15, 0.2) is 0 Å². The average Bonchev–Trinajstić information content (AvgIpc) is 2.73.